The van der Waals surface area contributed by atoms with Crippen LogP contribution < -0.4 is 0 Å². The Bertz CT molecular complexity index is 363. The molecule has 1 fully saturated rings. The Morgan fingerprint density at radius 1 is 1.47 bits per heavy atom. The fraction of sp³-hybridized carbons (Fsp3) is 0.643. The van der Waals surface area contributed by atoms with E-state index in [0.717, 1.165) is 5.57 Å². The molecule has 0 aromatic rings. The van der Waals surface area contributed by atoms with Gasteiger partial charge in [0.1, 0.15) is 4.75 Å². The molecule has 2 nitrogen and oxygen atoms in total. The van der Waals surface area contributed by atoms with Gasteiger partial charge in [0.05, 0.1) is 0 Å². The Hall–Kier alpha value is -0.700. The maximum atomic E-state index is 12.0. The summed E-state index contributed by atoms with van der Waals surface area (Å²) < 4.78 is 4.92. The summed E-state index contributed by atoms with van der Waals surface area (Å²) in [5, 5.41) is 0. The van der Waals surface area contributed by atoms with Gasteiger partial charge in [-0.2, -0.15) is 0 Å². The standard InChI is InChI=1S/C14H22O2S/c1-7-8-10(2)9-14(6)11(15)16-12(17-14)13(3,4)5/h7-9,12H,1-6H3/b8-7+,10-9+/t12-,14-/m1/s1. The second-order valence-electron chi connectivity index (χ2n) is 5.72. The van der Waals surface area contributed by atoms with Crippen LogP contribution in [0, 0.1) is 5.41 Å². The van der Waals surface area contributed by atoms with E-state index >= 15 is 0 Å². The van der Waals surface area contributed by atoms with Crippen molar-refractivity contribution in [2.45, 2.75) is 51.7 Å². The van der Waals surface area contributed by atoms with E-state index in [1.807, 2.05) is 39.0 Å². The molecular formula is C14H22O2S. The fourth-order valence-electron chi connectivity index (χ4n) is 1.70. The van der Waals surface area contributed by atoms with E-state index in [9.17, 15) is 4.79 Å². The van der Waals surface area contributed by atoms with Crippen molar-refractivity contribution in [1.29, 1.82) is 0 Å². The Labute approximate surface area is 108 Å². The first kappa shape index (κ1) is 14.4. The topological polar surface area (TPSA) is 26.3 Å². The molecule has 96 valence electrons. The quantitative estimate of drug-likeness (QED) is 0.551. The van der Waals surface area contributed by atoms with Crippen LogP contribution in [0.4, 0.5) is 0 Å². The number of hydrogen-bond acceptors (Lipinski definition) is 3. The first-order valence-electron chi connectivity index (χ1n) is 5.90. The molecule has 0 radical (unpaired) electrons. The second kappa shape index (κ2) is 4.89. The van der Waals surface area contributed by atoms with E-state index in [2.05, 4.69) is 20.8 Å². The third kappa shape index (κ3) is 3.38. The number of rotatable bonds is 2. The zero-order valence-corrected chi connectivity index (χ0v) is 12.4. The van der Waals surface area contributed by atoms with Crippen LogP contribution in [0.1, 0.15) is 41.5 Å². The highest BCUT2D eigenvalue weighted by molar-refractivity contribution is 8.02. The molecule has 0 bridgehead atoms. The maximum absolute atomic E-state index is 12.0. The summed E-state index contributed by atoms with van der Waals surface area (Å²) in [6.45, 7) is 12.2. The first-order chi connectivity index (χ1) is 7.69. The van der Waals surface area contributed by atoms with Crippen LogP contribution in [0.5, 0.6) is 0 Å². The number of cyclic esters (lactones) is 1. The van der Waals surface area contributed by atoms with Gasteiger partial charge in [0.2, 0.25) is 0 Å². The average Bonchev–Trinajstić information content (AvgIpc) is 2.42. The van der Waals surface area contributed by atoms with Crippen LogP contribution in [-0.4, -0.2) is 16.2 Å². The lowest BCUT2D eigenvalue weighted by Gasteiger charge is -2.24. The van der Waals surface area contributed by atoms with Gasteiger partial charge in [-0.25, -0.2) is 0 Å². The molecule has 17 heavy (non-hydrogen) atoms. The predicted octanol–water partition coefficient (Wildman–Crippen LogP) is 3.93. The number of hydrogen-bond donors (Lipinski definition) is 0. The molecule has 3 heteroatoms. The van der Waals surface area contributed by atoms with E-state index in [0.29, 0.717) is 0 Å². The monoisotopic (exact) mass is 254 g/mol. The van der Waals surface area contributed by atoms with E-state index in [-0.39, 0.29) is 16.8 Å². The van der Waals surface area contributed by atoms with Gasteiger partial charge in [-0.3, -0.25) is 4.79 Å². The Balaban J connectivity index is 2.93. The molecule has 0 unspecified atom stereocenters. The molecule has 0 spiro atoms. The Morgan fingerprint density at radius 3 is 2.47 bits per heavy atom. The van der Waals surface area contributed by atoms with Crippen molar-refractivity contribution in [3.63, 3.8) is 0 Å². The number of thioether (sulfide) groups is 1. The van der Waals surface area contributed by atoms with Crippen molar-refractivity contribution in [1.82, 2.24) is 0 Å². The largest absolute Gasteiger partial charge is 0.449 e. The molecule has 2 atom stereocenters. The normalized spacial score (nSPS) is 31.1. The minimum atomic E-state index is -0.554. The lowest BCUT2D eigenvalue weighted by molar-refractivity contribution is -0.146. The highest BCUT2D eigenvalue weighted by Crippen LogP contribution is 2.47. The van der Waals surface area contributed by atoms with E-state index in [4.69, 9.17) is 4.74 Å². The predicted molar refractivity (Wildman–Crippen MR) is 73.9 cm³/mol. The molecule has 0 N–H and O–H groups in total. The summed E-state index contributed by atoms with van der Waals surface area (Å²) >= 11 is 1.60. The van der Waals surface area contributed by atoms with Crippen molar-refractivity contribution in [2.24, 2.45) is 5.41 Å². The zero-order chi connectivity index (χ0) is 13.3. The SMILES string of the molecule is C/C=C/C(C)=C/[C@@]1(C)S[C@H](C(C)(C)C)OC1=O. The third-order valence-electron chi connectivity index (χ3n) is 2.61. The summed E-state index contributed by atoms with van der Waals surface area (Å²) in [4.78, 5) is 12.0. The Morgan fingerprint density at radius 2 is 2.06 bits per heavy atom. The molecule has 0 aromatic heterocycles. The van der Waals surface area contributed by atoms with Gasteiger partial charge >= 0.3 is 5.97 Å². The molecule has 0 amide bonds. The minimum Gasteiger partial charge on any atom is -0.449 e. The number of allylic oxidation sites excluding steroid dienone is 3. The third-order valence-corrected chi connectivity index (χ3v) is 4.40. The highest BCUT2D eigenvalue weighted by atomic mass is 32.2. The van der Waals surface area contributed by atoms with Crippen molar-refractivity contribution in [3.8, 4) is 0 Å². The number of esters is 1. The molecule has 1 saturated heterocycles. The Kier molecular flexibility index (Phi) is 4.13. The van der Waals surface area contributed by atoms with Gasteiger partial charge in [-0.1, -0.05) is 56.3 Å². The van der Waals surface area contributed by atoms with Crippen molar-refractivity contribution in [3.05, 3.63) is 23.8 Å². The minimum absolute atomic E-state index is 0.0274. The van der Waals surface area contributed by atoms with E-state index in [1.54, 1.807) is 11.8 Å². The van der Waals surface area contributed by atoms with Gasteiger partial charge in [0.15, 0.2) is 5.44 Å². The highest BCUT2D eigenvalue weighted by Gasteiger charge is 2.48. The molecule has 1 heterocycles. The first-order valence-corrected chi connectivity index (χ1v) is 6.78. The lowest BCUT2D eigenvalue weighted by Crippen LogP contribution is -2.24. The number of carbonyl (C=O) groups is 1. The molecule has 1 rings (SSSR count). The van der Waals surface area contributed by atoms with E-state index < -0.39 is 4.75 Å². The molecule has 0 aromatic carbocycles. The van der Waals surface area contributed by atoms with E-state index in [1.165, 1.54) is 0 Å². The summed E-state index contributed by atoms with van der Waals surface area (Å²) in [7, 11) is 0. The number of carbonyl (C=O) groups excluding carboxylic acids is 1. The van der Waals surface area contributed by atoms with Crippen LogP contribution in [-0.2, 0) is 9.53 Å². The maximum Gasteiger partial charge on any atom is 0.327 e. The molecule has 1 aliphatic rings. The summed E-state index contributed by atoms with van der Waals surface area (Å²) in [5.74, 6) is -0.133. The van der Waals surface area contributed by atoms with Gasteiger partial charge in [0.25, 0.3) is 0 Å². The van der Waals surface area contributed by atoms with Gasteiger partial charge in [0, 0.05) is 5.41 Å². The molecule has 1 aliphatic heterocycles. The van der Waals surface area contributed by atoms with Crippen molar-refractivity contribution in [2.75, 3.05) is 0 Å². The van der Waals surface area contributed by atoms with Crippen LogP contribution in [0.25, 0.3) is 0 Å². The van der Waals surface area contributed by atoms with Crippen molar-refractivity contribution >= 4 is 17.7 Å². The summed E-state index contributed by atoms with van der Waals surface area (Å²) in [6, 6.07) is 0. The van der Waals surface area contributed by atoms with Crippen LogP contribution in [0.15, 0.2) is 23.8 Å². The van der Waals surface area contributed by atoms with Crippen LogP contribution in [0.3, 0.4) is 0 Å². The fourth-order valence-corrected chi connectivity index (χ4v) is 3.03. The van der Waals surface area contributed by atoms with Gasteiger partial charge in [-0.05, 0) is 20.8 Å². The summed E-state index contributed by atoms with van der Waals surface area (Å²) in [6.07, 6.45) is 5.97. The molecular weight excluding hydrogens is 232 g/mol. The molecule has 0 saturated carbocycles. The number of ether oxygens (including phenoxy) is 1. The van der Waals surface area contributed by atoms with Crippen molar-refractivity contribution < 1.29 is 9.53 Å². The van der Waals surface area contributed by atoms with Gasteiger partial charge < -0.3 is 4.74 Å². The van der Waals surface area contributed by atoms with Crippen LogP contribution >= 0.6 is 11.8 Å². The average molecular weight is 254 g/mol. The van der Waals surface area contributed by atoms with Crippen LogP contribution in [0.2, 0.25) is 0 Å². The summed E-state index contributed by atoms with van der Waals surface area (Å²) in [5.41, 5.74) is 0.990. The van der Waals surface area contributed by atoms with Gasteiger partial charge in [-0.15, -0.1) is 0 Å². The second-order valence-corrected chi connectivity index (χ2v) is 7.23. The lowest BCUT2D eigenvalue weighted by atomic mass is 9.98. The smallest absolute Gasteiger partial charge is 0.327 e. The molecule has 0 aliphatic carbocycles. The zero-order valence-electron chi connectivity index (χ0n) is 11.5.